The van der Waals surface area contributed by atoms with Gasteiger partial charge in [-0.3, -0.25) is 9.69 Å². The van der Waals surface area contributed by atoms with E-state index in [9.17, 15) is 4.79 Å². The molecule has 134 valence electrons. The Morgan fingerprint density at radius 3 is 2.73 bits per heavy atom. The number of ketones is 1. The van der Waals surface area contributed by atoms with Gasteiger partial charge in [0.05, 0.1) is 6.33 Å². The lowest BCUT2D eigenvalue weighted by Gasteiger charge is -2.31. The van der Waals surface area contributed by atoms with E-state index in [4.69, 9.17) is 0 Å². The number of rotatable bonds is 5. The van der Waals surface area contributed by atoms with Crippen molar-refractivity contribution in [2.24, 2.45) is 13.0 Å². The predicted octanol–water partition coefficient (Wildman–Crippen LogP) is 2.70. The molecule has 0 N–H and O–H groups in total. The van der Waals surface area contributed by atoms with Crippen LogP contribution in [0.15, 0.2) is 55.4 Å². The number of imidazole rings is 2. The van der Waals surface area contributed by atoms with E-state index < -0.39 is 0 Å². The van der Waals surface area contributed by atoms with Crippen molar-refractivity contribution < 1.29 is 4.79 Å². The van der Waals surface area contributed by atoms with Crippen molar-refractivity contribution in [2.75, 3.05) is 13.1 Å². The molecule has 6 nitrogen and oxygen atoms in total. The Morgan fingerprint density at radius 2 is 2.04 bits per heavy atom. The average molecular weight is 349 g/mol. The Kier molecular flexibility index (Phi) is 4.67. The number of carbonyl (C=O) groups is 1. The SMILES string of the molecule is Cn1ccnc1C(=O)[C@@H]1CCCN(Cc2ccc(-n3ccnc3)cc2)C1. The highest BCUT2D eigenvalue weighted by Crippen LogP contribution is 2.22. The topological polar surface area (TPSA) is 56.0 Å². The van der Waals surface area contributed by atoms with Gasteiger partial charge in [-0.15, -0.1) is 0 Å². The zero-order chi connectivity index (χ0) is 17.9. The molecule has 0 saturated carbocycles. The van der Waals surface area contributed by atoms with E-state index in [1.54, 1.807) is 18.7 Å². The van der Waals surface area contributed by atoms with Crippen LogP contribution in [0.4, 0.5) is 0 Å². The summed E-state index contributed by atoms with van der Waals surface area (Å²) in [4.78, 5) is 23.4. The van der Waals surface area contributed by atoms with Gasteiger partial charge < -0.3 is 9.13 Å². The van der Waals surface area contributed by atoms with Gasteiger partial charge in [-0.25, -0.2) is 9.97 Å². The molecule has 0 amide bonds. The molecule has 0 unspecified atom stereocenters. The summed E-state index contributed by atoms with van der Waals surface area (Å²) in [7, 11) is 1.88. The van der Waals surface area contributed by atoms with Crippen LogP contribution in [-0.4, -0.2) is 42.9 Å². The fourth-order valence-corrected chi connectivity index (χ4v) is 3.64. The maximum Gasteiger partial charge on any atom is 0.202 e. The monoisotopic (exact) mass is 349 g/mol. The summed E-state index contributed by atoms with van der Waals surface area (Å²) in [5.74, 6) is 0.772. The van der Waals surface area contributed by atoms with E-state index >= 15 is 0 Å². The molecule has 2 aromatic heterocycles. The minimum absolute atomic E-state index is 0.0371. The lowest BCUT2D eigenvalue weighted by atomic mass is 9.93. The summed E-state index contributed by atoms with van der Waals surface area (Å²) in [6.07, 6.45) is 11.0. The lowest BCUT2D eigenvalue weighted by molar-refractivity contribution is 0.0797. The summed E-state index contributed by atoms with van der Waals surface area (Å²) in [6.45, 7) is 2.71. The number of hydrogen-bond donors (Lipinski definition) is 0. The zero-order valence-corrected chi connectivity index (χ0v) is 15.0. The molecular formula is C20H23N5O. The number of Topliss-reactive ketones (excluding diaryl/α,β-unsaturated/α-hetero) is 1. The Balaban J connectivity index is 1.40. The summed E-state index contributed by atoms with van der Waals surface area (Å²) >= 11 is 0. The van der Waals surface area contributed by atoms with E-state index in [2.05, 4.69) is 39.1 Å². The molecular weight excluding hydrogens is 326 g/mol. The number of hydrogen-bond acceptors (Lipinski definition) is 4. The second-order valence-electron chi connectivity index (χ2n) is 6.94. The first kappa shape index (κ1) is 16.7. The van der Waals surface area contributed by atoms with Crippen molar-refractivity contribution in [3.63, 3.8) is 0 Å². The van der Waals surface area contributed by atoms with E-state index in [0.717, 1.165) is 38.2 Å². The van der Waals surface area contributed by atoms with Gasteiger partial charge in [0.1, 0.15) is 0 Å². The molecule has 1 aliphatic rings. The third kappa shape index (κ3) is 3.46. The number of aryl methyl sites for hydroxylation is 1. The number of likely N-dealkylation sites (tertiary alicyclic amines) is 1. The fourth-order valence-electron chi connectivity index (χ4n) is 3.64. The lowest BCUT2D eigenvalue weighted by Crippen LogP contribution is -2.38. The number of carbonyl (C=O) groups excluding carboxylic acids is 1. The van der Waals surface area contributed by atoms with Crippen molar-refractivity contribution in [1.29, 1.82) is 0 Å². The maximum atomic E-state index is 12.7. The highest BCUT2D eigenvalue weighted by molar-refractivity contribution is 5.94. The van der Waals surface area contributed by atoms with Crippen molar-refractivity contribution in [3.8, 4) is 5.69 Å². The highest BCUT2D eigenvalue weighted by atomic mass is 16.1. The molecule has 26 heavy (non-hydrogen) atoms. The Labute approximate surface area is 153 Å². The first-order valence-corrected chi connectivity index (χ1v) is 9.02. The van der Waals surface area contributed by atoms with Crippen LogP contribution in [0.1, 0.15) is 29.0 Å². The van der Waals surface area contributed by atoms with Crippen molar-refractivity contribution in [2.45, 2.75) is 19.4 Å². The number of aromatic nitrogens is 4. The molecule has 6 heteroatoms. The van der Waals surface area contributed by atoms with Crippen LogP contribution in [0.5, 0.6) is 0 Å². The predicted molar refractivity (Wildman–Crippen MR) is 99.1 cm³/mol. The van der Waals surface area contributed by atoms with Crippen LogP contribution < -0.4 is 0 Å². The fraction of sp³-hybridized carbons (Fsp3) is 0.350. The summed E-state index contributed by atoms with van der Waals surface area (Å²) in [5.41, 5.74) is 2.37. The average Bonchev–Trinajstić information content (AvgIpc) is 3.34. The molecule has 1 aromatic carbocycles. The second-order valence-corrected chi connectivity index (χ2v) is 6.94. The van der Waals surface area contributed by atoms with Gasteiger partial charge in [0.25, 0.3) is 0 Å². The summed E-state index contributed by atoms with van der Waals surface area (Å²) < 4.78 is 3.81. The molecule has 1 fully saturated rings. The third-order valence-electron chi connectivity index (χ3n) is 5.06. The summed E-state index contributed by atoms with van der Waals surface area (Å²) in [6, 6.07) is 8.52. The highest BCUT2D eigenvalue weighted by Gasteiger charge is 2.28. The normalized spacial score (nSPS) is 18.1. The first-order valence-electron chi connectivity index (χ1n) is 9.02. The van der Waals surface area contributed by atoms with Crippen molar-refractivity contribution in [1.82, 2.24) is 24.0 Å². The van der Waals surface area contributed by atoms with Gasteiger partial charge >= 0.3 is 0 Å². The van der Waals surface area contributed by atoms with Crippen LogP contribution in [0.25, 0.3) is 5.69 Å². The minimum atomic E-state index is 0.0371. The van der Waals surface area contributed by atoms with E-state index in [1.807, 2.05) is 28.6 Å². The minimum Gasteiger partial charge on any atom is -0.332 e. The van der Waals surface area contributed by atoms with E-state index in [0.29, 0.717) is 5.82 Å². The van der Waals surface area contributed by atoms with Crippen LogP contribution >= 0.6 is 0 Å². The van der Waals surface area contributed by atoms with Crippen LogP contribution in [0.3, 0.4) is 0 Å². The van der Waals surface area contributed by atoms with Crippen LogP contribution in [0.2, 0.25) is 0 Å². The van der Waals surface area contributed by atoms with Gasteiger partial charge in [0.15, 0.2) is 5.82 Å². The van der Waals surface area contributed by atoms with Gasteiger partial charge in [0.2, 0.25) is 5.78 Å². The smallest absolute Gasteiger partial charge is 0.202 e. The quantitative estimate of drug-likeness (QED) is 0.665. The van der Waals surface area contributed by atoms with Crippen molar-refractivity contribution >= 4 is 5.78 Å². The van der Waals surface area contributed by atoms with Crippen LogP contribution in [-0.2, 0) is 13.6 Å². The van der Waals surface area contributed by atoms with E-state index in [1.165, 1.54) is 5.56 Å². The first-order chi connectivity index (χ1) is 12.7. The molecule has 3 aromatic rings. The molecule has 1 aliphatic heterocycles. The largest absolute Gasteiger partial charge is 0.332 e. The van der Waals surface area contributed by atoms with Gasteiger partial charge in [0, 0.05) is 56.5 Å². The molecule has 0 bridgehead atoms. The number of piperidine rings is 1. The molecule has 0 spiro atoms. The molecule has 0 aliphatic carbocycles. The number of nitrogens with zero attached hydrogens (tertiary/aromatic N) is 5. The van der Waals surface area contributed by atoms with Gasteiger partial charge in [-0.1, -0.05) is 12.1 Å². The zero-order valence-electron chi connectivity index (χ0n) is 15.0. The molecule has 4 rings (SSSR count). The van der Waals surface area contributed by atoms with E-state index in [-0.39, 0.29) is 11.7 Å². The van der Waals surface area contributed by atoms with Crippen LogP contribution in [0, 0.1) is 5.92 Å². The van der Waals surface area contributed by atoms with Gasteiger partial charge in [-0.2, -0.15) is 0 Å². The molecule has 3 heterocycles. The molecule has 1 atom stereocenters. The molecule has 1 saturated heterocycles. The maximum absolute atomic E-state index is 12.7. The summed E-state index contributed by atoms with van der Waals surface area (Å²) in [5, 5.41) is 0. The standard InChI is InChI=1S/C20H23N5O/c1-23-11-9-22-20(23)19(26)17-3-2-10-24(14-17)13-16-4-6-18(7-5-16)25-12-8-21-15-25/h4-9,11-12,15,17H,2-3,10,13-14H2,1H3/t17-/m1/s1. The number of benzene rings is 1. The molecule has 0 radical (unpaired) electrons. The Morgan fingerprint density at radius 1 is 1.19 bits per heavy atom. The Bertz CT molecular complexity index is 866. The second kappa shape index (κ2) is 7.25. The van der Waals surface area contributed by atoms with Gasteiger partial charge in [-0.05, 0) is 37.1 Å². The van der Waals surface area contributed by atoms with Crippen molar-refractivity contribution in [3.05, 3.63) is 66.8 Å². The Hall–Kier alpha value is -2.73. The third-order valence-corrected chi connectivity index (χ3v) is 5.06.